The molecule has 0 radical (unpaired) electrons. The summed E-state index contributed by atoms with van der Waals surface area (Å²) < 4.78 is 34.9. The topological polar surface area (TPSA) is 87.5 Å². The first-order valence-electron chi connectivity index (χ1n) is 8.54. The Kier molecular flexibility index (Phi) is 5.67. The molecule has 7 nitrogen and oxygen atoms in total. The predicted octanol–water partition coefficient (Wildman–Crippen LogP) is 2.96. The van der Waals surface area contributed by atoms with Crippen LogP contribution in [-0.2, 0) is 11.8 Å². The Morgan fingerprint density at radius 1 is 1.03 bits per heavy atom. The lowest BCUT2D eigenvalue weighted by Gasteiger charge is -2.14. The lowest BCUT2D eigenvalue weighted by Crippen LogP contribution is -2.28. The fourth-order valence-electron chi connectivity index (χ4n) is 2.76. The summed E-state index contributed by atoms with van der Waals surface area (Å²) in [6.45, 7) is -1.59. The van der Waals surface area contributed by atoms with Gasteiger partial charge in [0.15, 0.2) is 11.8 Å². The zero-order chi connectivity index (χ0) is 21.1. The molecule has 1 heterocycles. The summed E-state index contributed by atoms with van der Waals surface area (Å²) in [7, 11) is 1.41. The molecule has 0 saturated carbocycles. The zero-order valence-corrected chi connectivity index (χ0v) is 15.5. The summed E-state index contributed by atoms with van der Waals surface area (Å²) in [6.07, 6.45) is -1.16. The number of ether oxygens (including phenoxy) is 2. The van der Waals surface area contributed by atoms with Crippen LogP contribution >= 0.6 is 0 Å². The fourth-order valence-corrected chi connectivity index (χ4v) is 2.76. The second-order valence-corrected chi connectivity index (χ2v) is 6.14. The normalized spacial score (nSPS) is 12.0. The van der Waals surface area contributed by atoms with E-state index in [-0.39, 0.29) is 22.6 Å². The number of aromatic nitrogens is 2. The van der Waals surface area contributed by atoms with E-state index in [0.29, 0.717) is 10.8 Å². The lowest BCUT2D eigenvalue weighted by atomic mass is 10.1. The molecule has 0 aliphatic rings. The maximum Gasteiger partial charge on any atom is 0.387 e. The number of halogens is 2. The first-order valence-corrected chi connectivity index (χ1v) is 8.54. The number of benzene rings is 2. The van der Waals surface area contributed by atoms with Crippen LogP contribution in [0.4, 0.5) is 8.78 Å². The van der Waals surface area contributed by atoms with E-state index in [4.69, 9.17) is 4.74 Å². The summed E-state index contributed by atoms with van der Waals surface area (Å²) in [5.74, 6) is -1.49. The number of aryl methyl sites for hydroxylation is 1. The van der Waals surface area contributed by atoms with E-state index in [1.54, 1.807) is 24.3 Å². The number of rotatable bonds is 6. The summed E-state index contributed by atoms with van der Waals surface area (Å²) in [5.41, 5.74) is -0.305. The van der Waals surface area contributed by atoms with Gasteiger partial charge in [-0.2, -0.15) is 13.9 Å². The molecule has 29 heavy (non-hydrogen) atoms. The van der Waals surface area contributed by atoms with Crippen molar-refractivity contribution in [2.24, 2.45) is 7.05 Å². The molecule has 2 aromatic carbocycles. The number of nitrogens with zero attached hydrogens (tertiary/aromatic N) is 2. The minimum atomic E-state index is -2.97. The SMILES string of the molecule is C[C@H](OC(=O)c1nn(C)c(=O)c2ccccc12)C(=O)c1ccc(OC(F)F)cc1. The largest absolute Gasteiger partial charge is 0.449 e. The third kappa shape index (κ3) is 4.29. The maximum atomic E-state index is 12.6. The highest BCUT2D eigenvalue weighted by Crippen LogP contribution is 2.18. The van der Waals surface area contributed by atoms with Crippen LogP contribution in [0.3, 0.4) is 0 Å². The van der Waals surface area contributed by atoms with Gasteiger partial charge in [0.2, 0.25) is 5.78 Å². The van der Waals surface area contributed by atoms with Crippen molar-refractivity contribution < 1.29 is 27.8 Å². The second kappa shape index (κ2) is 8.17. The highest BCUT2D eigenvalue weighted by Gasteiger charge is 2.24. The predicted molar refractivity (Wildman–Crippen MR) is 99.3 cm³/mol. The molecule has 0 aliphatic heterocycles. The summed E-state index contributed by atoms with van der Waals surface area (Å²) in [6, 6.07) is 11.5. The van der Waals surface area contributed by atoms with E-state index in [1.165, 1.54) is 38.2 Å². The van der Waals surface area contributed by atoms with Crippen LogP contribution in [-0.4, -0.2) is 34.2 Å². The average Bonchev–Trinajstić information content (AvgIpc) is 2.70. The summed E-state index contributed by atoms with van der Waals surface area (Å²) >= 11 is 0. The van der Waals surface area contributed by atoms with E-state index >= 15 is 0 Å². The first-order chi connectivity index (χ1) is 13.8. The fraction of sp³-hybridized carbons (Fsp3) is 0.200. The summed E-state index contributed by atoms with van der Waals surface area (Å²) in [5, 5.41) is 4.57. The van der Waals surface area contributed by atoms with Crippen LogP contribution in [0, 0.1) is 0 Å². The number of carbonyl (C=O) groups excluding carboxylic acids is 2. The van der Waals surface area contributed by atoms with Gasteiger partial charge < -0.3 is 9.47 Å². The molecule has 3 aromatic rings. The van der Waals surface area contributed by atoms with Crippen LogP contribution in [0.15, 0.2) is 53.3 Å². The van der Waals surface area contributed by atoms with Gasteiger partial charge in [0.1, 0.15) is 5.75 Å². The van der Waals surface area contributed by atoms with Crippen LogP contribution < -0.4 is 10.3 Å². The molecule has 0 spiro atoms. The molecule has 0 N–H and O–H groups in total. The Labute approximate surface area is 163 Å². The lowest BCUT2D eigenvalue weighted by molar-refractivity contribution is -0.0498. The molecule has 0 saturated heterocycles. The van der Waals surface area contributed by atoms with Gasteiger partial charge in [0.05, 0.1) is 5.39 Å². The van der Waals surface area contributed by atoms with E-state index in [2.05, 4.69) is 9.84 Å². The number of Topliss-reactive ketones (excluding diaryl/α,β-unsaturated/α-hetero) is 1. The number of alkyl halides is 2. The average molecular weight is 402 g/mol. The number of carbonyl (C=O) groups is 2. The number of hydrogen-bond donors (Lipinski definition) is 0. The molecule has 9 heteroatoms. The van der Waals surface area contributed by atoms with Crippen LogP contribution in [0.25, 0.3) is 10.8 Å². The minimum absolute atomic E-state index is 0.0944. The molecule has 1 atom stereocenters. The third-order valence-corrected chi connectivity index (χ3v) is 4.17. The Bertz CT molecular complexity index is 1130. The highest BCUT2D eigenvalue weighted by atomic mass is 19.3. The Morgan fingerprint density at radius 3 is 2.28 bits per heavy atom. The molecule has 0 amide bonds. The summed E-state index contributed by atoms with van der Waals surface area (Å²) in [4.78, 5) is 37.2. The van der Waals surface area contributed by atoms with E-state index in [0.717, 1.165) is 4.68 Å². The van der Waals surface area contributed by atoms with Crippen molar-refractivity contribution in [3.05, 3.63) is 70.1 Å². The zero-order valence-electron chi connectivity index (χ0n) is 15.5. The minimum Gasteiger partial charge on any atom is -0.449 e. The van der Waals surface area contributed by atoms with Gasteiger partial charge in [-0.05, 0) is 37.3 Å². The molecule has 0 fully saturated rings. The van der Waals surface area contributed by atoms with Crippen molar-refractivity contribution in [3.8, 4) is 5.75 Å². The van der Waals surface area contributed by atoms with E-state index in [9.17, 15) is 23.2 Å². The van der Waals surface area contributed by atoms with Crippen LogP contribution in [0.5, 0.6) is 5.75 Å². The van der Waals surface area contributed by atoms with Gasteiger partial charge in [0.25, 0.3) is 5.56 Å². The third-order valence-electron chi connectivity index (χ3n) is 4.17. The molecule has 1 aromatic heterocycles. The van der Waals surface area contributed by atoms with Gasteiger partial charge in [-0.1, -0.05) is 18.2 Å². The van der Waals surface area contributed by atoms with Crippen molar-refractivity contribution in [3.63, 3.8) is 0 Å². The smallest absolute Gasteiger partial charge is 0.387 e. The molecule has 0 unspecified atom stereocenters. The van der Waals surface area contributed by atoms with Crippen LogP contribution in [0.2, 0.25) is 0 Å². The Morgan fingerprint density at radius 2 is 1.66 bits per heavy atom. The number of fused-ring (bicyclic) bond motifs is 1. The first kappa shape index (κ1) is 20.1. The Hall–Kier alpha value is -3.62. The quantitative estimate of drug-likeness (QED) is 0.465. The molecular formula is C20H16F2N2O5. The monoisotopic (exact) mass is 402 g/mol. The molecular weight excluding hydrogens is 386 g/mol. The van der Waals surface area contributed by atoms with Crippen LogP contribution in [0.1, 0.15) is 27.8 Å². The van der Waals surface area contributed by atoms with E-state index in [1.807, 2.05) is 0 Å². The van der Waals surface area contributed by atoms with Crippen molar-refractivity contribution in [1.29, 1.82) is 0 Å². The van der Waals surface area contributed by atoms with E-state index < -0.39 is 24.5 Å². The number of hydrogen-bond acceptors (Lipinski definition) is 6. The highest BCUT2D eigenvalue weighted by molar-refractivity contribution is 6.05. The van der Waals surface area contributed by atoms with Gasteiger partial charge in [-0.15, -0.1) is 0 Å². The Balaban J connectivity index is 1.80. The van der Waals surface area contributed by atoms with Crippen molar-refractivity contribution in [1.82, 2.24) is 9.78 Å². The van der Waals surface area contributed by atoms with Gasteiger partial charge in [0, 0.05) is 18.0 Å². The van der Waals surface area contributed by atoms with Crippen molar-refractivity contribution in [2.75, 3.05) is 0 Å². The van der Waals surface area contributed by atoms with Crippen molar-refractivity contribution in [2.45, 2.75) is 19.6 Å². The van der Waals surface area contributed by atoms with Crippen molar-refractivity contribution >= 4 is 22.5 Å². The second-order valence-electron chi connectivity index (χ2n) is 6.14. The standard InChI is InChI=1S/C20H16F2N2O5/c1-11(17(25)12-7-9-13(10-8-12)29-20(21)22)28-19(27)16-14-5-3-4-6-15(14)18(26)24(2)23-16/h3-11,20H,1-2H3/t11-/m0/s1. The molecule has 0 bridgehead atoms. The molecule has 150 valence electrons. The van der Waals surface area contributed by atoms with Gasteiger partial charge in [-0.25, -0.2) is 9.48 Å². The molecule has 3 rings (SSSR count). The number of esters is 1. The maximum absolute atomic E-state index is 12.6. The van der Waals surface area contributed by atoms with Gasteiger partial charge >= 0.3 is 12.6 Å². The molecule has 0 aliphatic carbocycles. The van der Waals surface area contributed by atoms with Gasteiger partial charge in [-0.3, -0.25) is 9.59 Å². The number of ketones is 1.